The van der Waals surface area contributed by atoms with Gasteiger partial charge in [-0.3, -0.25) is 9.59 Å². The van der Waals surface area contributed by atoms with Crippen molar-refractivity contribution in [2.75, 3.05) is 24.9 Å². The molecule has 1 atom stereocenters. The zero-order valence-electron chi connectivity index (χ0n) is 16.7. The largest absolute Gasteiger partial charge is 0.497 e. The van der Waals surface area contributed by atoms with Crippen molar-refractivity contribution in [3.63, 3.8) is 0 Å². The fourth-order valence-electron chi connectivity index (χ4n) is 3.52. The Morgan fingerprint density at radius 2 is 1.87 bits per heavy atom. The van der Waals surface area contributed by atoms with Crippen molar-refractivity contribution in [1.29, 1.82) is 0 Å². The van der Waals surface area contributed by atoms with Crippen molar-refractivity contribution < 1.29 is 19.1 Å². The Balaban J connectivity index is 1.63. The molecule has 154 valence electrons. The first-order chi connectivity index (χ1) is 14.6. The number of ether oxygens (including phenoxy) is 2. The van der Waals surface area contributed by atoms with Crippen molar-refractivity contribution in [2.24, 2.45) is 0 Å². The number of amides is 2. The topological polar surface area (TPSA) is 94.5 Å². The van der Waals surface area contributed by atoms with Crippen molar-refractivity contribution in [1.82, 2.24) is 9.78 Å². The number of nitrogens with one attached hydrogen (secondary N) is 2. The molecule has 2 N–H and O–H groups in total. The third-order valence-corrected chi connectivity index (χ3v) is 4.92. The Bertz CT molecular complexity index is 1060. The van der Waals surface area contributed by atoms with Crippen LogP contribution in [-0.4, -0.2) is 35.8 Å². The third kappa shape index (κ3) is 3.77. The Labute approximate surface area is 173 Å². The van der Waals surface area contributed by atoms with Crippen molar-refractivity contribution in [3.8, 4) is 16.9 Å². The highest BCUT2D eigenvalue weighted by Crippen LogP contribution is 2.39. The predicted molar refractivity (Wildman–Crippen MR) is 112 cm³/mol. The number of aromatic nitrogens is 2. The molecule has 1 aliphatic heterocycles. The molecule has 2 amide bonds. The summed E-state index contributed by atoms with van der Waals surface area (Å²) in [7, 11) is 3.19. The van der Waals surface area contributed by atoms with Crippen LogP contribution in [0, 0.1) is 0 Å². The first-order valence-electron chi connectivity index (χ1n) is 9.51. The molecule has 0 saturated heterocycles. The van der Waals surface area contributed by atoms with Gasteiger partial charge in [0.1, 0.15) is 17.6 Å². The molecule has 8 heteroatoms. The van der Waals surface area contributed by atoms with E-state index in [4.69, 9.17) is 9.47 Å². The summed E-state index contributed by atoms with van der Waals surface area (Å²) < 4.78 is 12.1. The van der Waals surface area contributed by atoms with Crippen LogP contribution in [0.4, 0.5) is 11.5 Å². The average Bonchev–Trinajstić information content (AvgIpc) is 3.24. The summed E-state index contributed by atoms with van der Waals surface area (Å²) in [5.41, 5.74) is 3.02. The molecule has 1 aromatic heterocycles. The van der Waals surface area contributed by atoms with Gasteiger partial charge in [0.05, 0.1) is 25.8 Å². The van der Waals surface area contributed by atoms with Crippen molar-refractivity contribution in [2.45, 2.75) is 19.1 Å². The van der Waals surface area contributed by atoms with Crippen LogP contribution in [0.5, 0.6) is 5.75 Å². The van der Waals surface area contributed by atoms with Gasteiger partial charge in [0.2, 0.25) is 5.91 Å². The smallest absolute Gasteiger partial charge is 0.251 e. The highest BCUT2D eigenvalue weighted by atomic mass is 16.5. The van der Waals surface area contributed by atoms with E-state index in [0.717, 1.165) is 16.9 Å². The number of anilines is 2. The number of fused-ring (bicyclic) bond motifs is 1. The highest BCUT2D eigenvalue weighted by Gasteiger charge is 2.37. The van der Waals surface area contributed by atoms with Crippen LogP contribution in [0.25, 0.3) is 11.1 Å². The van der Waals surface area contributed by atoms with Crippen LogP contribution in [0.3, 0.4) is 0 Å². The zero-order valence-corrected chi connectivity index (χ0v) is 16.7. The maximum atomic E-state index is 12.6. The Morgan fingerprint density at radius 3 is 2.53 bits per heavy atom. The van der Waals surface area contributed by atoms with E-state index >= 15 is 0 Å². The molecular formula is C22H22N4O4. The Hall–Kier alpha value is -3.65. The molecule has 3 aromatic rings. The summed E-state index contributed by atoms with van der Waals surface area (Å²) in [6.07, 6.45) is -0.0239. The van der Waals surface area contributed by atoms with Crippen molar-refractivity contribution in [3.05, 3.63) is 60.3 Å². The van der Waals surface area contributed by atoms with Gasteiger partial charge in [-0.1, -0.05) is 30.3 Å². The number of hydrogen-bond donors (Lipinski definition) is 2. The second-order valence-electron chi connectivity index (χ2n) is 6.90. The van der Waals surface area contributed by atoms with E-state index in [1.54, 1.807) is 31.0 Å². The van der Waals surface area contributed by atoms with Crippen LogP contribution in [-0.2, 0) is 20.9 Å². The summed E-state index contributed by atoms with van der Waals surface area (Å²) in [4.78, 5) is 25.1. The van der Waals surface area contributed by atoms with Crippen molar-refractivity contribution >= 4 is 23.3 Å². The Morgan fingerprint density at radius 1 is 1.13 bits per heavy atom. The fraction of sp³-hybridized carbons (Fsp3) is 0.227. The average molecular weight is 406 g/mol. The van der Waals surface area contributed by atoms with Gasteiger partial charge in [-0.25, -0.2) is 4.68 Å². The van der Waals surface area contributed by atoms with E-state index in [9.17, 15) is 9.59 Å². The molecule has 0 spiro atoms. The van der Waals surface area contributed by atoms with E-state index in [-0.39, 0.29) is 24.8 Å². The molecular weight excluding hydrogens is 384 g/mol. The molecule has 0 aliphatic carbocycles. The third-order valence-electron chi connectivity index (χ3n) is 4.92. The second-order valence-corrected chi connectivity index (χ2v) is 6.90. The maximum absolute atomic E-state index is 12.6. The number of methoxy groups -OCH3 is 2. The number of nitrogens with zero attached hydrogens (tertiary/aromatic N) is 2. The molecule has 0 radical (unpaired) electrons. The SMILES string of the molecule is COCc1nn2c(c1-c1ccc(OC)cc1)NC(=O)C2CC(=O)Nc1ccccc1. The fourth-order valence-corrected chi connectivity index (χ4v) is 3.52. The lowest BCUT2D eigenvalue weighted by atomic mass is 10.1. The number of hydrogen-bond acceptors (Lipinski definition) is 5. The molecule has 4 rings (SSSR count). The second kappa shape index (κ2) is 8.38. The Kier molecular flexibility index (Phi) is 5.49. The van der Waals surface area contributed by atoms with Gasteiger partial charge < -0.3 is 20.1 Å². The standard InChI is InChI=1S/C22H22N4O4/c1-29-13-17-20(14-8-10-16(30-2)11-9-14)21-24-22(28)18(26(21)25-17)12-19(27)23-15-6-4-3-5-7-15/h3-11,18H,12-13H2,1-2H3,(H,23,27)(H,24,28). The summed E-state index contributed by atoms with van der Waals surface area (Å²) >= 11 is 0. The molecule has 0 bridgehead atoms. The molecule has 1 unspecified atom stereocenters. The zero-order chi connectivity index (χ0) is 21.1. The number of para-hydroxylation sites is 1. The minimum absolute atomic E-state index is 0.0239. The molecule has 1 aliphatic rings. The van der Waals surface area contributed by atoms with Gasteiger partial charge in [-0.2, -0.15) is 5.10 Å². The van der Waals surface area contributed by atoms with Crippen LogP contribution in [0.2, 0.25) is 0 Å². The maximum Gasteiger partial charge on any atom is 0.251 e. The summed E-state index contributed by atoms with van der Waals surface area (Å²) in [5.74, 6) is 0.772. The lowest BCUT2D eigenvalue weighted by molar-refractivity contribution is -0.123. The van der Waals surface area contributed by atoms with E-state index in [0.29, 0.717) is 17.2 Å². The number of carbonyl (C=O) groups excluding carboxylic acids is 2. The minimum atomic E-state index is -0.730. The lowest BCUT2D eigenvalue weighted by Crippen LogP contribution is -2.24. The molecule has 0 saturated carbocycles. The lowest BCUT2D eigenvalue weighted by Gasteiger charge is -2.10. The van der Waals surface area contributed by atoms with E-state index in [2.05, 4.69) is 15.7 Å². The quantitative estimate of drug-likeness (QED) is 0.628. The van der Waals surface area contributed by atoms with Gasteiger partial charge in [0.25, 0.3) is 5.91 Å². The van der Waals surface area contributed by atoms with Gasteiger partial charge in [-0.05, 0) is 29.8 Å². The van der Waals surface area contributed by atoms with E-state index in [1.807, 2.05) is 42.5 Å². The highest BCUT2D eigenvalue weighted by molar-refractivity contribution is 6.04. The molecule has 0 fully saturated rings. The number of rotatable bonds is 7. The molecule has 2 heterocycles. The van der Waals surface area contributed by atoms with Crippen LogP contribution in [0.15, 0.2) is 54.6 Å². The molecule has 2 aromatic carbocycles. The van der Waals surface area contributed by atoms with Gasteiger partial charge in [-0.15, -0.1) is 0 Å². The normalized spacial score (nSPS) is 14.9. The predicted octanol–water partition coefficient (Wildman–Crippen LogP) is 3.23. The number of benzene rings is 2. The summed E-state index contributed by atoms with van der Waals surface area (Å²) in [6, 6.07) is 15.9. The summed E-state index contributed by atoms with van der Waals surface area (Å²) in [6.45, 7) is 0.278. The van der Waals surface area contributed by atoms with Gasteiger partial charge in [0, 0.05) is 18.4 Å². The minimum Gasteiger partial charge on any atom is -0.497 e. The van der Waals surface area contributed by atoms with Gasteiger partial charge in [0.15, 0.2) is 0 Å². The first-order valence-corrected chi connectivity index (χ1v) is 9.51. The summed E-state index contributed by atoms with van der Waals surface area (Å²) in [5, 5.41) is 10.3. The first kappa shape index (κ1) is 19.7. The van der Waals surface area contributed by atoms with Crippen LogP contribution >= 0.6 is 0 Å². The van der Waals surface area contributed by atoms with Crippen LogP contribution in [0.1, 0.15) is 18.2 Å². The van der Waals surface area contributed by atoms with E-state index < -0.39 is 6.04 Å². The van der Waals surface area contributed by atoms with Crippen LogP contribution < -0.4 is 15.4 Å². The van der Waals surface area contributed by atoms with Gasteiger partial charge >= 0.3 is 0 Å². The monoisotopic (exact) mass is 406 g/mol. The molecule has 8 nitrogen and oxygen atoms in total. The molecule has 30 heavy (non-hydrogen) atoms. The van der Waals surface area contributed by atoms with E-state index in [1.165, 1.54) is 0 Å². The number of carbonyl (C=O) groups is 2.